The second kappa shape index (κ2) is 6.45. The Hall–Kier alpha value is -1.09. The summed E-state index contributed by atoms with van der Waals surface area (Å²) in [7, 11) is 1.30. The molecule has 4 rings (SSSR count). The van der Waals surface area contributed by atoms with E-state index in [2.05, 4.69) is 0 Å². The van der Waals surface area contributed by atoms with Gasteiger partial charge in [-0.05, 0) is 30.6 Å². The van der Waals surface area contributed by atoms with Gasteiger partial charge in [0.05, 0.1) is 18.1 Å². The van der Waals surface area contributed by atoms with Gasteiger partial charge in [-0.3, -0.25) is 4.79 Å². The highest BCUT2D eigenvalue weighted by Gasteiger charge is 2.72. The van der Waals surface area contributed by atoms with E-state index in [1.54, 1.807) is 0 Å². The molecule has 2 amide bonds. The average Bonchev–Trinajstić information content (AvgIpc) is 3.19. The topological polar surface area (TPSA) is 91.4 Å². The Labute approximate surface area is 172 Å². The van der Waals surface area contributed by atoms with E-state index in [0.29, 0.717) is 12.8 Å². The Morgan fingerprint density at radius 3 is 2.54 bits per heavy atom. The summed E-state index contributed by atoms with van der Waals surface area (Å²) in [5.41, 5.74) is -1.29. The fourth-order valence-corrected chi connectivity index (χ4v) is 5.94. The summed E-state index contributed by atoms with van der Waals surface area (Å²) >= 11 is 12.4. The number of imide groups is 1. The number of halogens is 2. The van der Waals surface area contributed by atoms with Gasteiger partial charge >= 0.3 is 12.1 Å². The summed E-state index contributed by atoms with van der Waals surface area (Å²) < 4.78 is 19.5. The van der Waals surface area contributed by atoms with E-state index in [4.69, 9.17) is 42.1 Å². The monoisotopic (exact) mass is 435 g/mol. The molecule has 2 aliphatic heterocycles. The molecule has 0 aromatic heterocycles. The lowest BCUT2D eigenvalue weighted by atomic mass is 9.67. The number of alkyl halides is 2. The predicted octanol–water partition coefficient (Wildman–Crippen LogP) is 2.25. The van der Waals surface area contributed by atoms with Gasteiger partial charge in [-0.15, -0.1) is 0 Å². The fourth-order valence-electron chi connectivity index (χ4n) is 5.52. The van der Waals surface area contributed by atoms with Crippen molar-refractivity contribution in [2.75, 3.05) is 20.3 Å². The molecule has 5 atom stereocenters. The van der Waals surface area contributed by atoms with E-state index in [1.807, 2.05) is 13.8 Å². The van der Waals surface area contributed by atoms with E-state index in [0.717, 1.165) is 11.3 Å². The molecule has 4 bridgehead atoms. The van der Waals surface area contributed by atoms with Crippen LogP contribution in [0.2, 0.25) is 0 Å². The first kappa shape index (κ1) is 20.2. The molecule has 0 N–H and O–H groups in total. The number of methoxy groups -OCH3 is 1. The number of esters is 1. The molecule has 0 aromatic carbocycles. The van der Waals surface area contributed by atoms with Gasteiger partial charge in [0.15, 0.2) is 12.3 Å². The van der Waals surface area contributed by atoms with Crippen LogP contribution in [0.3, 0.4) is 0 Å². The lowest BCUT2D eigenvalue weighted by Gasteiger charge is -2.43. The standard InChI is InChI=1S/C18H23Cl2NO7/c1-16(2)9-4-5-17(16)10(8-9)26-6-7-27-14(23)18(19,20)11-12(25-3)21(13(17)22)15(24)28-11/h9-12H,4-8H2,1-3H3/t9-,10+,11+,12-,17-/m0/s1. The fraction of sp³-hybridized carbons (Fsp3) is 0.833. The maximum absolute atomic E-state index is 13.8. The molecular formula is C18H23Cl2NO7. The number of cyclic esters (lactones) is 1. The molecule has 0 aromatic rings. The van der Waals surface area contributed by atoms with Crippen molar-refractivity contribution in [2.24, 2.45) is 16.7 Å². The number of hydrogen-bond acceptors (Lipinski definition) is 7. The maximum Gasteiger partial charge on any atom is 0.419 e. The number of hydrogen-bond donors (Lipinski definition) is 0. The van der Waals surface area contributed by atoms with Crippen molar-refractivity contribution in [2.45, 2.75) is 55.9 Å². The van der Waals surface area contributed by atoms with Crippen LogP contribution in [0.4, 0.5) is 4.79 Å². The Morgan fingerprint density at radius 1 is 1.18 bits per heavy atom. The number of rotatable bonds is 1. The van der Waals surface area contributed by atoms with Crippen molar-refractivity contribution >= 4 is 41.2 Å². The van der Waals surface area contributed by atoms with Crippen LogP contribution in [-0.2, 0) is 28.5 Å². The van der Waals surface area contributed by atoms with Crippen LogP contribution >= 0.6 is 23.2 Å². The minimum atomic E-state index is -2.23. The minimum Gasteiger partial charge on any atom is -0.461 e. The van der Waals surface area contributed by atoms with Gasteiger partial charge in [0.25, 0.3) is 4.33 Å². The summed E-state index contributed by atoms with van der Waals surface area (Å²) in [5.74, 6) is -1.14. The van der Waals surface area contributed by atoms with Gasteiger partial charge in [0, 0.05) is 7.11 Å². The van der Waals surface area contributed by atoms with E-state index < -0.39 is 46.2 Å². The molecule has 2 saturated heterocycles. The van der Waals surface area contributed by atoms with Crippen molar-refractivity contribution < 1.29 is 33.3 Å². The molecule has 8 nitrogen and oxygen atoms in total. The molecule has 0 radical (unpaired) electrons. The van der Waals surface area contributed by atoms with Gasteiger partial charge in [0.2, 0.25) is 5.91 Å². The van der Waals surface area contributed by atoms with Gasteiger partial charge in [-0.2, -0.15) is 0 Å². The first-order valence-electron chi connectivity index (χ1n) is 9.32. The van der Waals surface area contributed by atoms with Crippen LogP contribution in [0.1, 0.15) is 33.1 Å². The van der Waals surface area contributed by atoms with E-state index in [1.165, 1.54) is 7.11 Å². The highest BCUT2D eigenvalue weighted by Crippen LogP contribution is 2.67. The molecule has 4 aliphatic rings. The molecule has 0 unspecified atom stereocenters. The van der Waals surface area contributed by atoms with Crippen molar-refractivity contribution in [3.05, 3.63) is 0 Å². The highest BCUT2D eigenvalue weighted by molar-refractivity contribution is 6.58. The third-order valence-electron chi connectivity index (χ3n) is 7.15. The lowest BCUT2D eigenvalue weighted by molar-refractivity contribution is -0.170. The molecule has 2 aliphatic carbocycles. The number of fused-ring (bicyclic) bond motifs is 3. The summed E-state index contributed by atoms with van der Waals surface area (Å²) in [6, 6.07) is 0. The van der Waals surface area contributed by atoms with Gasteiger partial charge < -0.3 is 18.9 Å². The third kappa shape index (κ3) is 2.41. The maximum atomic E-state index is 13.8. The average molecular weight is 436 g/mol. The predicted molar refractivity (Wildman–Crippen MR) is 96.6 cm³/mol. The zero-order chi connectivity index (χ0) is 20.5. The van der Waals surface area contributed by atoms with Crippen LogP contribution in [0, 0.1) is 16.7 Å². The normalized spacial score (nSPS) is 41.8. The zero-order valence-electron chi connectivity index (χ0n) is 15.9. The Balaban J connectivity index is 1.82. The largest absolute Gasteiger partial charge is 0.461 e. The minimum absolute atomic E-state index is 0.0755. The Kier molecular flexibility index (Phi) is 4.65. The Bertz CT molecular complexity index is 727. The van der Waals surface area contributed by atoms with E-state index in [-0.39, 0.29) is 24.5 Å². The van der Waals surface area contributed by atoms with E-state index in [9.17, 15) is 14.4 Å². The van der Waals surface area contributed by atoms with Crippen LogP contribution in [0.25, 0.3) is 0 Å². The van der Waals surface area contributed by atoms with Crippen molar-refractivity contribution in [3.63, 3.8) is 0 Å². The smallest absolute Gasteiger partial charge is 0.419 e. The van der Waals surface area contributed by atoms with Crippen LogP contribution in [0.15, 0.2) is 0 Å². The number of amides is 2. The van der Waals surface area contributed by atoms with Gasteiger partial charge in [0.1, 0.15) is 6.61 Å². The van der Waals surface area contributed by atoms with Crippen molar-refractivity contribution in [3.8, 4) is 0 Å². The quantitative estimate of drug-likeness (QED) is 0.460. The molecule has 1 spiro atoms. The van der Waals surface area contributed by atoms with Crippen LogP contribution in [0.5, 0.6) is 0 Å². The zero-order valence-corrected chi connectivity index (χ0v) is 17.4. The first-order valence-corrected chi connectivity index (χ1v) is 10.1. The van der Waals surface area contributed by atoms with E-state index >= 15 is 0 Å². The second-order valence-electron chi connectivity index (χ2n) is 8.39. The summed E-state index contributed by atoms with van der Waals surface area (Å²) in [4.78, 5) is 39.8. The summed E-state index contributed by atoms with van der Waals surface area (Å²) in [5, 5.41) is 0. The number of carbonyl (C=O) groups is 3. The van der Waals surface area contributed by atoms with Gasteiger partial charge in [-0.25, -0.2) is 14.5 Å². The number of nitrogens with zero attached hydrogens (tertiary/aromatic N) is 1. The van der Waals surface area contributed by atoms with Crippen LogP contribution in [-0.4, -0.2) is 66.0 Å². The molecule has 10 heteroatoms. The molecule has 2 saturated carbocycles. The second-order valence-corrected chi connectivity index (χ2v) is 9.77. The third-order valence-corrected chi connectivity index (χ3v) is 7.89. The Morgan fingerprint density at radius 2 is 1.89 bits per heavy atom. The number of carbonyl (C=O) groups excluding carboxylic acids is 3. The van der Waals surface area contributed by atoms with Crippen molar-refractivity contribution in [1.82, 2.24) is 4.90 Å². The molecule has 4 fully saturated rings. The molecule has 2 heterocycles. The number of ether oxygens (including phenoxy) is 4. The summed E-state index contributed by atoms with van der Waals surface area (Å²) in [6.07, 6.45) is -1.86. The SMILES string of the molecule is CO[C@H]1[C@H]2OC(=O)N1C(=O)[C@]13CC[C@@H](C[C@H]1OCCOC(=O)C2(Cl)Cl)C3(C)C. The molecule has 28 heavy (non-hydrogen) atoms. The first-order chi connectivity index (χ1) is 13.1. The molecule has 156 valence electrons. The lowest BCUT2D eigenvalue weighted by Crippen LogP contribution is -2.58. The van der Waals surface area contributed by atoms with Crippen molar-refractivity contribution in [1.29, 1.82) is 0 Å². The molecular weight excluding hydrogens is 413 g/mol. The summed E-state index contributed by atoms with van der Waals surface area (Å²) in [6.45, 7) is 4.09. The highest BCUT2D eigenvalue weighted by atomic mass is 35.5. The van der Waals surface area contributed by atoms with Gasteiger partial charge in [-0.1, -0.05) is 37.0 Å². The van der Waals surface area contributed by atoms with Crippen LogP contribution < -0.4 is 0 Å².